The zero-order valence-corrected chi connectivity index (χ0v) is 21.2. The summed E-state index contributed by atoms with van der Waals surface area (Å²) >= 11 is 0. The molecular weight excluding hydrogens is 450 g/mol. The minimum absolute atomic E-state index is 0. The van der Waals surface area contributed by atoms with Crippen LogP contribution in [0.25, 0.3) is 10.9 Å². The van der Waals surface area contributed by atoms with Gasteiger partial charge in [-0.1, -0.05) is 25.1 Å². The van der Waals surface area contributed by atoms with Crippen molar-refractivity contribution in [3.05, 3.63) is 53.7 Å². The highest BCUT2D eigenvalue weighted by Crippen LogP contribution is 2.43. The van der Waals surface area contributed by atoms with E-state index in [-0.39, 0.29) is 24.4 Å². The number of likely N-dealkylation sites (tertiary alicyclic amines) is 1. The zero-order valence-electron chi connectivity index (χ0n) is 20.4. The van der Waals surface area contributed by atoms with Crippen molar-refractivity contribution in [3.63, 3.8) is 0 Å². The number of piperidine rings is 1. The summed E-state index contributed by atoms with van der Waals surface area (Å²) in [5.74, 6) is 2.22. The molecule has 1 fully saturated rings. The molecule has 3 heterocycles. The largest absolute Gasteiger partial charge is 0.493 e. The molecule has 6 nitrogen and oxygen atoms in total. The van der Waals surface area contributed by atoms with Crippen LogP contribution in [0, 0.1) is 5.92 Å². The summed E-state index contributed by atoms with van der Waals surface area (Å²) in [6, 6.07) is 13.8. The van der Waals surface area contributed by atoms with Crippen LogP contribution < -0.4 is 14.4 Å². The summed E-state index contributed by atoms with van der Waals surface area (Å²) in [6.07, 6.45) is 2.51. The molecule has 1 amide bonds. The highest BCUT2D eigenvalue weighted by atomic mass is 35.5. The number of fused-ring (bicyclic) bond motifs is 3. The van der Waals surface area contributed by atoms with Crippen LogP contribution in [0.4, 0.5) is 5.69 Å². The van der Waals surface area contributed by atoms with Gasteiger partial charge in [0.2, 0.25) is 0 Å². The number of nitrogens with zero attached hydrogens (tertiary/aromatic N) is 3. The number of benzene rings is 2. The van der Waals surface area contributed by atoms with E-state index in [0.717, 1.165) is 53.4 Å². The van der Waals surface area contributed by atoms with Gasteiger partial charge in [0.15, 0.2) is 11.5 Å². The molecule has 0 radical (unpaired) electrons. The second-order valence-electron chi connectivity index (χ2n) is 9.40. The normalized spacial score (nSPS) is 18.8. The lowest BCUT2D eigenvalue weighted by Crippen LogP contribution is -2.35. The summed E-state index contributed by atoms with van der Waals surface area (Å²) in [6.45, 7) is 8.18. The van der Waals surface area contributed by atoms with Gasteiger partial charge in [-0.3, -0.25) is 14.6 Å². The first-order valence-corrected chi connectivity index (χ1v) is 11.9. The quantitative estimate of drug-likeness (QED) is 0.468. The smallest absolute Gasteiger partial charge is 0.261 e. The van der Waals surface area contributed by atoms with Crippen LogP contribution in [-0.4, -0.2) is 48.7 Å². The number of aromatic nitrogens is 1. The second-order valence-corrected chi connectivity index (χ2v) is 9.40. The fraction of sp³-hybridized carbons (Fsp3) is 0.444. The van der Waals surface area contributed by atoms with Crippen LogP contribution in [0.5, 0.6) is 11.5 Å². The van der Waals surface area contributed by atoms with Crippen molar-refractivity contribution in [2.75, 3.05) is 38.3 Å². The van der Waals surface area contributed by atoms with Gasteiger partial charge in [-0.2, -0.15) is 0 Å². The van der Waals surface area contributed by atoms with Crippen molar-refractivity contribution in [1.29, 1.82) is 0 Å². The number of methoxy groups -OCH3 is 1. The van der Waals surface area contributed by atoms with E-state index in [1.807, 2.05) is 48.3 Å². The summed E-state index contributed by atoms with van der Waals surface area (Å²) < 4.78 is 13.9. The summed E-state index contributed by atoms with van der Waals surface area (Å²) in [5.41, 5.74) is 3.78. The maximum Gasteiger partial charge on any atom is 0.261 e. The molecule has 0 saturated carbocycles. The topological polar surface area (TPSA) is 46.9 Å². The van der Waals surface area contributed by atoms with Crippen molar-refractivity contribution in [3.8, 4) is 11.5 Å². The van der Waals surface area contributed by atoms with E-state index in [1.165, 1.54) is 12.8 Å². The molecule has 0 bridgehead atoms. The fourth-order valence-corrected chi connectivity index (χ4v) is 5.38. The van der Waals surface area contributed by atoms with Crippen LogP contribution in [0.1, 0.15) is 48.8 Å². The summed E-state index contributed by atoms with van der Waals surface area (Å²) in [4.78, 5) is 17.9. The van der Waals surface area contributed by atoms with Crippen LogP contribution in [0.2, 0.25) is 0 Å². The van der Waals surface area contributed by atoms with Crippen LogP contribution in [0.15, 0.2) is 42.5 Å². The average Bonchev–Trinajstić information content (AvgIpc) is 3.27. The molecule has 0 N–H and O–H groups in total. The Morgan fingerprint density at radius 1 is 1.03 bits per heavy atom. The van der Waals surface area contributed by atoms with E-state index in [2.05, 4.69) is 29.4 Å². The van der Waals surface area contributed by atoms with Gasteiger partial charge in [-0.05, 0) is 57.0 Å². The molecule has 3 aromatic rings. The lowest BCUT2D eigenvalue weighted by atomic mass is 9.99. The Bertz CT molecular complexity index is 1180. The average molecular weight is 484 g/mol. The third kappa shape index (κ3) is 4.14. The maximum absolute atomic E-state index is 13.6. The third-order valence-corrected chi connectivity index (χ3v) is 7.33. The van der Waals surface area contributed by atoms with Crippen molar-refractivity contribution in [1.82, 2.24) is 9.47 Å². The number of ether oxygens (including phenoxy) is 2. The highest BCUT2D eigenvalue weighted by Gasteiger charge is 2.39. The van der Waals surface area contributed by atoms with Gasteiger partial charge in [0.05, 0.1) is 24.4 Å². The first kappa shape index (κ1) is 24.4. The number of anilines is 1. The van der Waals surface area contributed by atoms with Gasteiger partial charge >= 0.3 is 0 Å². The van der Waals surface area contributed by atoms with E-state index in [0.29, 0.717) is 18.1 Å². The number of aryl methyl sites for hydroxylation is 1. The summed E-state index contributed by atoms with van der Waals surface area (Å²) in [5, 5.41) is 1.01. The van der Waals surface area contributed by atoms with Crippen LogP contribution in [-0.2, 0) is 7.05 Å². The molecule has 0 aliphatic carbocycles. The van der Waals surface area contributed by atoms with E-state index < -0.39 is 0 Å². The minimum atomic E-state index is -0.0681. The Balaban J connectivity index is 0.00000274. The number of hydrogen-bond donors (Lipinski definition) is 0. The molecule has 1 unspecified atom stereocenters. The van der Waals surface area contributed by atoms with E-state index in [9.17, 15) is 4.79 Å². The predicted octanol–water partition coefficient (Wildman–Crippen LogP) is 5.44. The number of rotatable bonds is 6. The number of para-hydroxylation sites is 1. The Morgan fingerprint density at radius 3 is 2.50 bits per heavy atom. The first-order valence-electron chi connectivity index (χ1n) is 11.9. The van der Waals surface area contributed by atoms with Gasteiger partial charge in [0, 0.05) is 36.2 Å². The molecule has 2 aliphatic heterocycles. The lowest BCUT2D eigenvalue weighted by Gasteiger charge is -2.30. The Morgan fingerprint density at radius 2 is 1.76 bits per heavy atom. The molecular formula is C27H34ClN3O3. The van der Waals surface area contributed by atoms with Crippen molar-refractivity contribution in [2.45, 2.75) is 32.7 Å². The van der Waals surface area contributed by atoms with E-state index in [1.54, 1.807) is 7.11 Å². The molecule has 182 valence electrons. The number of amides is 1. The second kappa shape index (κ2) is 9.88. The third-order valence-electron chi connectivity index (χ3n) is 7.33. The molecule has 7 heteroatoms. The van der Waals surface area contributed by atoms with Crippen molar-refractivity contribution >= 4 is 34.9 Å². The first-order chi connectivity index (χ1) is 16.0. The Labute approximate surface area is 207 Å². The standard InChI is InChI=1S/C27H33N3O3.ClH/c1-18-11-13-29(14-12-18)15-16-33-24-17-20(9-10-23(24)32-4)30-19(2)26-25(27(30)31)21-7-5-6-8-22(21)28(26)3;/h5-10,17-19H,11-16H2,1-4H3;1H. The zero-order chi connectivity index (χ0) is 23.1. The summed E-state index contributed by atoms with van der Waals surface area (Å²) in [7, 11) is 3.69. The number of halogens is 1. The van der Waals surface area contributed by atoms with Gasteiger partial charge < -0.3 is 14.0 Å². The predicted molar refractivity (Wildman–Crippen MR) is 139 cm³/mol. The lowest BCUT2D eigenvalue weighted by molar-refractivity contribution is 0.0993. The van der Waals surface area contributed by atoms with Crippen molar-refractivity contribution in [2.24, 2.45) is 13.0 Å². The van der Waals surface area contributed by atoms with Gasteiger partial charge in [-0.25, -0.2) is 0 Å². The molecule has 0 spiro atoms. The van der Waals surface area contributed by atoms with Gasteiger partial charge in [0.1, 0.15) is 6.61 Å². The molecule has 34 heavy (non-hydrogen) atoms. The Kier molecular flexibility index (Phi) is 7.10. The molecule has 2 aliphatic rings. The number of hydrogen-bond acceptors (Lipinski definition) is 4. The molecule has 1 aromatic heterocycles. The Hall–Kier alpha value is -2.70. The van der Waals surface area contributed by atoms with Crippen LogP contribution >= 0.6 is 12.4 Å². The molecule has 5 rings (SSSR count). The number of carbonyl (C=O) groups excluding carboxylic acids is 1. The molecule has 2 aromatic carbocycles. The van der Waals surface area contributed by atoms with E-state index in [4.69, 9.17) is 9.47 Å². The highest BCUT2D eigenvalue weighted by molar-refractivity contribution is 6.18. The molecule has 1 saturated heterocycles. The monoisotopic (exact) mass is 483 g/mol. The number of carbonyl (C=O) groups is 1. The van der Waals surface area contributed by atoms with Gasteiger partial charge in [0.25, 0.3) is 5.91 Å². The van der Waals surface area contributed by atoms with E-state index >= 15 is 0 Å². The minimum Gasteiger partial charge on any atom is -0.493 e. The molecule has 1 atom stereocenters. The fourth-order valence-electron chi connectivity index (χ4n) is 5.38. The van der Waals surface area contributed by atoms with Crippen molar-refractivity contribution < 1.29 is 14.3 Å². The maximum atomic E-state index is 13.6. The SMILES string of the molecule is COc1ccc(N2C(=O)c3c(n(C)c4ccccc34)C2C)cc1OCCN1CCC(C)CC1.Cl. The van der Waals surface area contributed by atoms with Gasteiger partial charge in [-0.15, -0.1) is 12.4 Å². The van der Waals surface area contributed by atoms with Crippen LogP contribution in [0.3, 0.4) is 0 Å².